The number of nitrogens with one attached hydrogen (secondary N) is 1. The molecule has 86 valence electrons. The van der Waals surface area contributed by atoms with E-state index in [1.54, 1.807) is 6.92 Å². The number of rotatable bonds is 7. The number of carbonyl (C=O) groups is 2. The van der Waals surface area contributed by atoms with E-state index in [1.165, 1.54) is 6.08 Å². The van der Waals surface area contributed by atoms with Crippen LogP contribution in [0.15, 0.2) is 12.7 Å². The van der Waals surface area contributed by atoms with Crippen molar-refractivity contribution in [2.24, 2.45) is 0 Å². The smallest absolute Gasteiger partial charge is 0.408 e. The molecule has 0 spiro atoms. The summed E-state index contributed by atoms with van der Waals surface area (Å²) in [4.78, 5) is 21.6. The lowest BCUT2D eigenvalue weighted by Gasteiger charge is -2.13. The van der Waals surface area contributed by atoms with Crippen LogP contribution < -0.4 is 5.32 Å². The Morgan fingerprint density at radius 1 is 1.60 bits per heavy atom. The first-order chi connectivity index (χ1) is 7.11. The summed E-state index contributed by atoms with van der Waals surface area (Å²) in [6.07, 6.45) is 0.583. The van der Waals surface area contributed by atoms with Crippen LogP contribution in [0.2, 0.25) is 0 Å². The van der Waals surface area contributed by atoms with Crippen LogP contribution in [0.4, 0.5) is 4.79 Å². The second-order valence-electron chi connectivity index (χ2n) is 2.58. The number of hydrogen-bond donors (Lipinski definition) is 2. The molecule has 0 aromatic rings. The molecule has 2 N–H and O–H groups in total. The van der Waals surface area contributed by atoms with Crippen molar-refractivity contribution >= 4 is 12.1 Å². The maximum atomic E-state index is 11.0. The monoisotopic (exact) mass is 217 g/mol. The minimum atomic E-state index is -1.17. The lowest BCUT2D eigenvalue weighted by Crippen LogP contribution is -2.44. The molecule has 1 amide bonds. The van der Waals surface area contributed by atoms with Crippen LogP contribution in [0.1, 0.15) is 6.92 Å². The van der Waals surface area contributed by atoms with Crippen molar-refractivity contribution in [3.05, 3.63) is 12.7 Å². The molecule has 0 aliphatic rings. The lowest BCUT2D eigenvalue weighted by atomic mass is 10.3. The molecular formula is C9H15NO5. The second kappa shape index (κ2) is 7.81. The minimum absolute atomic E-state index is 0.0345. The van der Waals surface area contributed by atoms with E-state index >= 15 is 0 Å². The van der Waals surface area contributed by atoms with Gasteiger partial charge in [0, 0.05) is 6.61 Å². The van der Waals surface area contributed by atoms with Crippen molar-refractivity contribution in [3.63, 3.8) is 0 Å². The largest absolute Gasteiger partial charge is 0.480 e. The van der Waals surface area contributed by atoms with Gasteiger partial charge in [0.1, 0.15) is 6.61 Å². The van der Waals surface area contributed by atoms with Crippen molar-refractivity contribution in [3.8, 4) is 0 Å². The Morgan fingerprint density at radius 2 is 2.27 bits per heavy atom. The molecule has 0 aromatic carbocycles. The predicted octanol–water partition coefficient (Wildman–Crippen LogP) is 0.388. The number of hydrogen-bond acceptors (Lipinski definition) is 4. The maximum Gasteiger partial charge on any atom is 0.408 e. The molecule has 0 rings (SSSR count). The Hall–Kier alpha value is -1.56. The van der Waals surface area contributed by atoms with Gasteiger partial charge in [-0.2, -0.15) is 0 Å². The van der Waals surface area contributed by atoms with Gasteiger partial charge in [-0.25, -0.2) is 9.59 Å². The summed E-state index contributed by atoms with van der Waals surface area (Å²) < 4.78 is 9.46. The Balaban J connectivity index is 3.98. The molecule has 1 atom stereocenters. The molecule has 0 bridgehead atoms. The van der Waals surface area contributed by atoms with Gasteiger partial charge < -0.3 is 19.9 Å². The van der Waals surface area contributed by atoms with Crippen LogP contribution in [0.5, 0.6) is 0 Å². The van der Waals surface area contributed by atoms with Crippen molar-refractivity contribution in [2.75, 3.05) is 19.8 Å². The van der Waals surface area contributed by atoms with E-state index in [2.05, 4.69) is 16.6 Å². The zero-order valence-electron chi connectivity index (χ0n) is 8.56. The molecule has 15 heavy (non-hydrogen) atoms. The Labute approximate surface area is 87.9 Å². The van der Waals surface area contributed by atoms with E-state index in [0.29, 0.717) is 6.61 Å². The highest BCUT2D eigenvalue weighted by molar-refractivity contribution is 5.80. The fraction of sp³-hybridized carbons (Fsp3) is 0.556. The van der Waals surface area contributed by atoms with Gasteiger partial charge in [0.25, 0.3) is 0 Å². The highest BCUT2D eigenvalue weighted by atomic mass is 16.5. The molecule has 0 fully saturated rings. The molecule has 6 nitrogen and oxygen atoms in total. The first-order valence-corrected chi connectivity index (χ1v) is 4.46. The Kier molecular flexibility index (Phi) is 7.00. The molecule has 0 saturated carbocycles. The first-order valence-electron chi connectivity index (χ1n) is 4.46. The molecule has 1 unspecified atom stereocenters. The van der Waals surface area contributed by atoms with Gasteiger partial charge in [0.15, 0.2) is 6.04 Å². The Bertz CT molecular complexity index is 229. The molecular weight excluding hydrogens is 202 g/mol. The standard InChI is InChI=1S/C9H15NO5/c1-3-5-15-9(13)10-7(8(11)12)6-14-4-2/h3,7H,1,4-6H2,2H3,(H,10,13)(H,11,12). The fourth-order valence-electron chi connectivity index (χ4n) is 0.729. The van der Waals surface area contributed by atoms with Gasteiger partial charge in [-0.05, 0) is 6.92 Å². The number of carboxylic acids is 1. The van der Waals surface area contributed by atoms with Crippen molar-refractivity contribution in [1.29, 1.82) is 0 Å². The zero-order chi connectivity index (χ0) is 11.7. The molecule has 0 heterocycles. The van der Waals surface area contributed by atoms with Gasteiger partial charge in [-0.15, -0.1) is 0 Å². The zero-order valence-corrected chi connectivity index (χ0v) is 8.56. The summed E-state index contributed by atoms with van der Waals surface area (Å²) in [7, 11) is 0. The maximum absolute atomic E-state index is 11.0. The van der Waals surface area contributed by atoms with E-state index in [1.807, 2.05) is 0 Å². The number of ether oxygens (including phenoxy) is 2. The van der Waals surface area contributed by atoms with Gasteiger partial charge in [-0.3, -0.25) is 0 Å². The van der Waals surface area contributed by atoms with E-state index in [4.69, 9.17) is 9.84 Å². The third-order valence-electron chi connectivity index (χ3n) is 1.41. The minimum Gasteiger partial charge on any atom is -0.480 e. The van der Waals surface area contributed by atoms with E-state index < -0.39 is 18.1 Å². The van der Waals surface area contributed by atoms with Crippen LogP contribution in [0.3, 0.4) is 0 Å². The van der Waals surface area contributed by atoms with Crippen LogP contribution >= 0.6 is 0 Å². The van der Waals surface area contributed by atoms with Crippen molar-refractivity contribution in [2.45, 2.75) is 13.0 Å². The average molecular weight is 217 g/mol. The molecule has 0 saturated heterocycles. The topological polar surface area (TPSA) is 84.9 Å². The van der Waals surface area contributed by atoms with Gasteiger partial charge in [0.05, 0.1) is 6.61 Å². The second-order valence-corrected chi connectivity index (χ2v) is 2.58. The molecule has 0 aromatic heterocycles. The van der Waals surface area contributed by atoms with Gasteiger partial charge >= 0.3 is 12.1 Å². The quantitative estimate of drug-likeness (QED) is 0.602. The van der Waals surface area contributed by atoms with E-state index in [9.17, 15) is 9.59 Å². The number of amides is 1. The summed E-state index contributed by atoms with van der Waals surface area (Å²) in [5, 5.41) is 10.9. The SMILES string of the molecule is C=CCOC(=O)NC(COCC)C(=O)O. The highest BCUT2D eigenvalue weighted by Crippen LogP contribution is 1.89. The molecule has 0 aliphatic carbocycles. The normalized spacial score (nSPS) is 11.5. The van der Waals surface area contributed by atoms with E-state index in [-0.39, 0.29) is 13.2 Å². The summed E-state index contributed by atoms with van der Waals surface area (Å²) in [6.45, 7) is 5.41. The number of carboxylic acid groups (broad SMARTS) is 1. The van der Waals surface area contributed by atoms with Crippen LogP contribution in [-0.4, -0.2) is 43.0 Å². The third kappa shape index (κ3) is 6.50. The first kappa shape index (κ1) is 13.4. The summed E-state index contributed by atoms with van der Waals surface area (Å²) in [6, 6.07) is -1.10. The summed E-state index contributed by atoms with van der Waals surface area (Å²) in [5.74, 6) is -1.17. The number of carbonyl (C=O) groups excluding carboxylic acids is 1. The summed E-state index contributed by atoms with van der Waals surface area (Å²) >= 11 is 0. The number of alkyl carbamates (subject to hydrolysis) is 1. The summed E-state index contributed by atoms with van der Waals surface area (Å²) in [5.41, 5.74) is 0. The predicted molar refractivity (Wildman–Crippen MR) is 52.6 cm³/mol. The molecule has 6 heteroatoms. The lowest BCUT2D eigenvalue weighted by molar-refractivity contribution is -0.140. The van der Waals surface area contributed by atoms with Gasteiger partial charge in [-0.1, -0.05) is 12.7 Å². The van der Waals surface area contributed by atoms with Crippen LogP contribution in [-0.2, 0) is 14.3 Å². The van der Waals surface area contributed by atoms with Crippen LogP contribution in [0, 0.1) is 0 Å². The average Bonchev–Trinajstić information content (AvgIpc) is 2.20. The van der Waals surface area contributed by atoms with E-state index in [0.717, 1.165) is 0 Å². The van der Waals surface area contributed by atoms with Crippen LogP contribution in [0.25, 0.3) is 0 Å². The Morgan fingerprint density at radius 3 is 2.73 bits per heavy atom. The van der Waals surface area contributed by atoms with Gasteiger partial charge in [0.2, 0.25) is 0 Å². The third-order valence-corrected chi connectivity index (χ3v) is 1.41. The van der Waals surface area contributed by atoms with Crippen molar-refractivity contribution in [1.82, 2.24) is 5.32 Å². The van der Waals surface area contributed by atoms with Crippen molar-refractivity contribution < 1.29 is 24.2 Å². The fourth-order valence-corrected chi connectivity index (χ4v) is 0.729. The number of aliphatic carboxylic acids is 1. The highest BCUT2D eigenvalue weighted by Gasteiger charge is 2.20. The molecule has 0 aliphatic heterocycles. The molecule has 0 radical (unpaired) electrons.